The Kier molecular flexibility index (Phi) is 11.4. The number of oxime groups is 1. The fourth-order valence-electron chi connectivity index (χ4n) is 2.14. The highest BCUT2D eigenvalue weighted by Gasteiger charge is 2.12. The van der Waals surface area contributed by atoms with Crippen molar-refractivity contribution < 1.29 is 18.7 Å². The Morgan fingerprint density at radius 1 is 1.23 bits per heavy atom. The van der Waals surface area contributed by atoms with Crippen LogP contribution in [0.5, 0.6) is 11.5 Å². The third-order valence-electron chi connectivity index (χ3n) is 3.22. The number of hydrogen-bond donors (Lipinski definition) is 0. The fourth-order valence-corrected chi connectivity index (χ4v) is 2.56. The highest BCUT2D eigenvalue weighted by Crippen LogP contribution is 2.34. The van der Waals surface area contributed by atoms with Crippen LogP contribution in [-0.2, 0) is 11.3 Å². The van der Waals surface area contributed by atoms with Gasteiger partial charge in [-0.25, -0.2) is 0 Å². The first kappa shape index (κ1) is 22.8. The van der Waals surface area contributed by atoms with E-state index in [1.54, 1.807) is 6.07 Å². The second-order valence-corrected chi connectivity index (χ2v) is 7.04. The molecule has 0 fully saturated rings. The molecular weight excluding hydrogens is 425 g/mol. The molecule has 0 aromatic heterocycles. The lowest BCUT2D eigenvalue weighted by Crippen LogP contribution is -2.04. The normalized spacial score (nSPS) is 11.2. The van der Waals surface area contributed by atoms with Gasteiger partial charge < -0.3 is 14.3 Å². The summed E-state index contributed by atoms with van der Waals surface area (Å²) in [5.41, 5.74) is 1.88. The Morgan fingerprint density at radius 3 is 2.62 bits per heavy atom. The molecule has 1 rings (SSSR count). The standard InChI is InChI=1S/C19H26BrClFNO3/c1-4-7-15-12-16(24-11-8-18(20)22)13-17(21)19(15)25-9-5-6-10-26-23-14(2)3/h8,12-13H,4-7,9-11H2,1-3H3/b18-8-. The van der Waals surface area contributed by atoms with Crippen molar-refractivity contribution in [1.82, 2.24) is 0 Å². The van der Waals surface area contributed by atoms with Crippen LogP contribution < -0.4 is 9.47 Å². The summed E-state index contributed by atoms with van der Waals surface area (Å²) in [6.45, 7) is 7.10. The van der Waals surface area contributed by atoms with Crippen LogP contribution in [0.4, 0.5) is 4.39 Å². The predicted octanol–water partition coefficient (Wildman–Crippen LogP) is 6.45. The number of hydrogen-bond acceptors (Lipinski definition) is 4. The van der Waals surface area contributed by atoms with E-state index in [1.807, 2.05) is 19.9 Å². The lowest BCUT2D eigenvalue weighted by molar-refractivity contribution is 0.135. The van der Waals surface area contributed by atoms with Gasteiger partial charge in [-0.15, -0.1) is 0 Å². The van der Waals surface area contributed by atoms with E-state index in [9.17, 15) is 4.39 Å². The molecule has 0 saturated heterocycles. The van der Waals surface area contributed by atoms with E-state index < -0.39 is 4.74 Å². The molecule has 146 valence electrons. The van der Waals surface area contributed by atoms with Gasteiger partial charge in [-0.1, -0.05) is 30.1 Å². The molecule has 0 N–H and O–H groups in total. The van der Waals surface area contributed by atoms with Crippen LogP contribution in [-0.4, -0.2) is 25.5 Å². The van der Waals surface area contributed by atoms with Crippen LogP contribution in [0.15, 0.2) is 28.1 Å². The first-order chi connectivity index (χ1) is 12.4. The number of nitrogens with zero attached hydrogens (tertiary/aromatic N) is 1. The van der Waals surface area contributed by atoms with E-state index in [0.717, 1.165) is 37.0 Å². The summed E-state index contributed by atoms with van der Waals surface area (Å²) in [5, 5.41) is 4.39. The predicted molar refractivity (Wildman–Crippen MR) is 109 cm³/mol. The molecule has 0 heterocycles. The van der Waals surface area contributed by atoms with E-state index in [0.29, 0.717) is 29.7 Å². The number of ether oxygens (including phenoxy) is 2. The molecule has 0 atom stereocenters. The van der Waals surface area contributed by atoms with Gasteiger partial charge in [-0.05, 0) is 66.7 Å². The van der Waals surface area contributed by atoms with Gasteiger partial charge in [0.25, 0.3) is 0 Å². The summed E-state index contributed by atoms with van der Waals surface area (Å²) in [7, 11) is 0. The van der Waals surface area contributed by atoms with Crippen molar-refractivity contribution in [2.24, 2.45) is 5.16 Å². The molecule has 1 aromatic rings. The van der Waals surface area contributed by atoms with E-state index in [1.165, 1.54) is 6.08 Å². The molecule has 0 saturated carbocycles. The lowest BCUT2D eigenvalue weighted by atomic mass is 10.1. The Bertz CT molecular complexity index is 615. The minimum absolute atomic E-state index is 0.124. The van der Waals surface area contributed by atoms with Crippen LogP contribution in [0.3, 0.4) is 0 Å². The number of halogens is 3. The molecule has 1 aromatic carbocycles. The average molecular weight is 451 g/mol. The number of rotatable bonds is 12. The quantitative estimate of drug-likeness (QED) is 0.209. The zero-order chi connectivity index (χ0) is 19.4. The van der Waals surface area contributed by atoms with Crippen molar-refractivity contribution in [3.63, 3.8) is 0 Å². The Hall–Kier alpha value is -1.27. The third-order valence-corrected chi connectivity index (χ3v) is 3.83. The van der Waals surface area contributed by atoms with E-state index in [4.69, 9.17) is 25.9 Å². The second-order valence-electron chi connectivity index (χ2n) is 5.88. The summed E-state index contributed by atoms with van der Waals surface area (Å²) in [6, 6.07) is 3.59. The van der Waals surface area contributed by atoms with Crippen molar-refractivity contribution in [2.45, 2.75) is 46.5 Å². The lowest BCUT2D eigenvalue weighted by Gasteiger charge is -2.15. The van der Waals surface area contributed by atoms with Crippen LogP contribution in [0.25, 0.3) is 0 Å². The van der Waals surface area contributed by atoms with Crippen molar-refractivity contribution in [1.29, 1.82) is 0 Å². The number of unbranched alkanes of at least 4 members (excludes halogenated alkanes) is 1. The van der Waals surface area contributed by atoms with E-state index >= 15 is 0 Å². The number of aryl methyl sites for hydroxylation is 1. The van der Waals surface area contributed by atoms with Crippen molar-refractivity contribution >= 4 is 33.2 Å². The molecule has 0 aliphatic carbocycles. The monoisotopic (exact) mass is 449 g/mol. The smallest absolute Gasteiger partial charge is 0.165 e. The number of benzene rings is 1. The topological polar surface area (TPSA) is 40.0 Å². The minimum atomic E-state index is -0.457. The van der Waals surface area contributed by atoms with Crippen LogP contribution in [0, 0.1) is 0 Å². The first-order valence-electron chi connectivity index (χ1n) is 8.66. The largest absolute Gasteiger partial charge is 0.492 e. The van der Waals surface area contributed by atoms with Gasteiger partial charge in [0, 0.05) is 6.07 Å². The van der Waals surface area contributed by atoms with Crippen molar-refractivity contribution in [3.8, 4) is 11.5 Å². The maximum Gasteiger partial charge on any atom is 0.165 e. The summed E-state index contributed by atoms with van der Waals surface area (Å²) in [4.78, 5) is 5.16. The van der Waals surface area contributed by atoms with Crippen LogP contribution in [0.2, 0.25) is 5.02 Å². The van der Waals surface area contributed by atoms with Gasteiger partial charge in [0.15, 0.2) is 4.74 Å². The van der Waals surface area contributed by atoms with Gasteiger partial charge in [-0.3, -0.25) is 0 Å². The Balaban J connectivity index is 2.60. The molecule has 0 aliphatic rings. The molecule has 26 heavy (non-hydrogen) atoms. The van der Waals surface area contributed by atoms with Crippen LogP contribution >= 0.6 is 27.5 Å². The van der Waals surface area contributed by atoms with Gasteiger partial charge in [0.1, 0.15) is 24.7 Å². The summed E-state index contributed by atoms with van der Waals surface area (Å²) >= 11 is 9.09. The maximum atomic E-state index is 12.7. The summed E-state index contributed by atoms with van der Waals surface area (Å²) in [5.74, 6) is 1.28. The summed E-state index contributed by atoms with van der Waals surface area (Å²) in [6.07, 6.45) is 4.76. The van der Waals surface area contributed by atoms with Gasteiger partial charge >= 0.3 is 0 Å². The first-order valence-corrected chi connectivity index (χ1v) is 9.83. The zero-order valence-electron chi connectivity index (χ0n) is 15.5. The van der Waals surface area contributed by atoms with E-state index in [2.05, 4.69) is 28.0 Å². The Morgan fingerprint density at radius 2 is 1.96 bits per heavy atom. The minimum Gasteiger partial charge on any atom is -0.492 e. The van der Waals surface area contributed by atoms with Crippen LogP contribution in [0.1, 0.15) is 45.6 Å². The van der Waals surface area contributed by atoms with Crippen molar-refractivity contribution in [3.05, 3.63) is 33.5 Å². The molecule has 0 unspecified atom stereocenters. The Labute approximate surface area is 168 Å². The maximum absolute atomic E-state index is 12.7. The highest BCUT2D eigenvalue weighted by molar-refractivity contribution is 9.11. The molecule has 4 nitrogen and oxygen atoms in total. The third kappa shape index (κ3) is 9.43. The average Bonchev–Trinajstić information content (AvgIpc) is 2.55. The zero-order valence-corrected chi connectivity index (χ0v) is 17.8. The summed E-state index contributed by atoms with van der Waals surface area (Å²) < 4.78 is 23.6. The molecule has 0 bridgehead atoms. The molecule has 0 amide bonds. The van der Waals surface area contributed by atoms with Gasteiger partial charge in [0.05, 0.1) is 17.3 Å². The molecule has 7 heteroatoms. The van der Waals surface area contributed by atoms with Gasteiger partial charge in [-0.2, -0.15) is 4.39 Å². The fraction of sp³-hybridized carbons (Fsp3) is 0.526. The SMILES string of the molecule is CCCc1cc(OC/C=C(\F)Br)cc(Cl)c1OCCCCON=C(C)C. The molecule has 0 radical (unpaired) electrons. The molecular formula is C19H26BrClFNO3. The molecule has 0 spiro atoms. The second kappa shape index (κ2) is 13.0. The van der Waals surface area contributed by atoms with E-state index in [-0.39, 0.29) is 6.61 Å². The van der Waals surface area contributed by atoms with Crippen molar-refractivity contribution in [2.75, 3.05) is 19.8 Å². The highest BCUT2D eigenvalue weighted by atomic mass is 79.9. The molecule has 0 aliphatic heterocycles. The van der Waals surface area contributed by atoms with Gasteiger partial charge in [0.2, 0.25) is 0 Å².